The number of nitrogens with zero attached hydrogens (tertiary/aromatic N) is 1. The predicted octanol–water partition coefficient (Wildman–Crippen LogP) is 4.99. The molecule has 0 rings (SSSR count). The molecule has 33 heavy (non-hydrogen) atoms. The third-order valence-electron chi connectivity index (χ3n) is 5.28. The van der Waals surface area contributed by atoms with Crippen LogP contribution in [0.4, 0.5) is 0 Å². The van der Waals surface area contributed by atoms with Crippen LogP contribution in [0.1, 0.15) is 117 Å². The van der Waals surface area contributed by atoms with E-state index in [2.05, 4.69) is 11.1 Å². The third kappa shape index (κ3) is 31.3. The van der Waals surface area contributed by atoms with Crippen LogP contribution in [-0.4, -0.2) is 59.8 Å². The summed E-state index contributed by atoms with van der Waals surface area (Å²) in [6.45, 7) is 4.56. The molecule has 0 aromatic heterocycles. The predicted molar refractivity (Wildman–Crippen MR) is 134 cm³/mol. The Hall–Kier alpha value is -0.700. The second-order valence-corrected chi connectivity index (χ2v) is 11.4. The van der Waals surface area contributed by atoms with Crippen LogP contribution in [0.25, 0.3) is 0 Å². The number of unbranched alkanes of at least 4 members (excludes halogenated alkanes) is 14. The molecular weight excluding hydrogens is 442 g/mol. The van der Waals surface area contributed by atoms with Crippen molar-refractivity contribution in [2.24, 2.45) is 0 Å². The molecule has 0 saturated carbocycles. The van der Waals surface area contributed by atoms with E-state index in [1.165, 1.54) is 83.5 Å². The molecule has 1 unspecified atom stereocenters. The van der Waals surface area contributed by atoms with E-state index in [0.717, 1.165) is 20.0 Å². The molecular formula is C25H53NO6S. The summed E-state index contributed by atoms with van der Waals surface area (Å²) in [7, 11) is 3.15. The first-order valence-electron chi connectivity index (χ1n) is 12.9. The van der Waals surface area contributed by atoms with Crippen LogP contribution in [0.2, 0.25) is 0 Å². The zero-order valence-corrected chi connectivity index (χ0v) is 23.2. The molecule has 8 heteroatoms. The van der Waals surface area contributed by atoms with Gasteiger partial charge in [0.05, 0.1) is 28.3 Å². The van der Waals surface area contributed by atoms with Crippen molar-refractivity contribution in [1.29, 1.82) is 0 Å². The highest BCUT2D eigenvalue weighted by Gasteiger charge is 2.20. The fourth-order valence-electron chi connectivity index (χ4n) is 3.68. The van der Waals surface area contributed by atoms with Gasteiger partial charge >= 0.3 is 10.4 Å². The molecule has 0 aliphatic heterocycles. The first-order valence-corrected chi connectivity index (χ1v) is 14.3. The lowest BCUT2D eigenvalue weighted by molar-refractivity contribution is -0.873. The van der Waals surface area contributed by atoms with Crippen molar-refractivity contribution in [3.8, 4) is 0 Å². The van der Waals surface area contributed by atoms with Crippen LogP contribution >= 0.6 is 0 Å². The molecule has 0 heterocycles. The summed E-state index contributed by atoms with van der Waals surface area (Å²) >= 11 is 0. The minimum absolute atomic E-state index is 0.234. The molecule has 0 aromatic carbocycles. The largest absolute Gasteiger partial charge is 0.550 e. The van der Waals surface area contributed by atoms with Gasteiger partial charge in [-0.2, -0.15) is 8.42 Å². The van der Waals surface area contributed by atoms with Crippen LogP contribution in [0.5, 0.6) is 0 Å². The van der Waals surface area contributed by atoms with Gasteiger partial charge in [-0.3, -0.25) is 4.18 Å². The fraction of sp³-hybridized carbons (Fsp3) is 0.960. The van der Waals surface area contributed by atoms with Crippen LogP contribution in [-0.2, 0) is 23.6 Å². The van der Waals surface area contributed by atoms with Crippen molar-refractivity contribution in [2.75, 3.05) is 34.8 Å². The highest BCUT2D eigenvalue weighted by Crippen LogP contribution is 2.13. The average Bonchev–Trinajstić information content (AvgIpc) is 2.69. The fourth-order valence-corrected chi connectivity index (χ4v) is 4.22. The molecule has 1 atom stereocenters. The number of carbonyl (C=O) groups excluding carboxylic acids is 1. The van der Waals surface area contributed by atoms with E-state index in [0.29, 0.717) is 11.0 Å². The lowest BCUT2D eigenvalue weighted by Crippen LogP contribution is -2.41. The standard InChI is InChI=1S/C18H36O2.C7H18NO4S/c1-2-3-4-5-6-7-8-9-10-11-12-13-14-15-16-17-18(19)20;1-7(6-8(2,3)4)12-13(9,10)11-5/h2-17H2,1H3,(H,19,20);7H,6H2,1-5H3/q;+1/p-1. The summed E-state index contributed by atoms with van der Waals surface area (Å²) < 4.78 is 31.2. The van der Waals surface area contributed by atoms with Gasteiger partial charge in [0.1, 0.15) is 12.6 Å². The van der Waals surface area contributed by atoms with Gasteiger partial charge in [0.25, 0.3) is 0 Å². The monoisotopic (exact) mass is 495 g/mol. The second-order valence-electron chi connectivity index (χ2n) is 10.0. The Labute approximate surface area is 205 Å². The Morgan fingerprint density at radius 1 is 0.788 bits per heavy atom. The van der Waals surface area contributed by atoms with Crippen molar-refractivity contribution in [3.63, 3.8) is 0 Å². The Balaban J connectivity index is 0. The maximum atomic E-state index is 10.8. The number of quaternary nitrogens is 1. The Morgan fingerprint density at radius 2 is 1.15 bits per heavy atom. The smallest absolute Gasteiger partial charge is 0.400 e. The molecule has 7 nitrogen and oxygen atoms in total. The number of carboxylic acids is 1. The maximum Gasteiger partial charge on any atom is 0.400 e. The van der Waals surface area contributed by atoms with E-state index >= 15 is 0 Å². The van der Waals surface area contributed by atoms with Crippen molar-refractivity contribution >= 4 is 16.4 Å². The Morgan fingerprint density at radius 3 is 1.45 bits per heavy atom. The number of hydrogen-bond donors (Lipinski definition) is 0. The molecule has 0 aliphatic rings. The van der Waals surface area contributed by atoms with Crippen molar-refractivity contribution in [1.82, 2.24) is 0 Å². The van der Waals surface area contributed by atoms with Gasteiger partial charge < -0.3 is 14.4 Å². The van der Waals surface area contributed by atoms with Crippen molar-refractivity contribution in [3.05, 3.63) is 0 Å². The quantitative estimate of drug-likeness (QED) is 0.165. The van der Waals surface area contributed by atoms with E-state index in [9.17, 15) is 18.3 Å². The minimum Gasteiger partial charge on any atom is -0.550 e. The molecule has 200 valence electrons. The zero-order chi connectivity index (χ0) is 25.6. The number of carbonyl (C=O) groups is 1. The first-order chi connectivity index (χ1) is 15.4. The van der Waals surface area contributed by atoms with Crippen molar-refractivity contribution < 1.29 is 31.2 Å². The average molecular weight is 496 g/mol. The van der Waals surface area contributed by atoms with Crippen LogP contribution in [0.3, 0.4) is 0 Å². The van der Waals surface area contributed by atoms with E-state index in [-0.39, 0.29) is 12.5 Å². The lowest BCUT2D eigenvalue weighted by Gasteiger charge is -2.26. The van der Waals surface area contributed by atoms with Gasteiger partial charge in [-0.25, -0.2) is 4.18 Å². The van der Waals surface area contributed by atoms with Gasteiger partial charge in [-0.1, -0.05) is 96.8 Å². The summed E-state index contributed by atoms with van der Waals surface area (Å²) in [5.74, 6) is -0.903. The van der Waals surface area contributed by atoms with Crippen molar-refractivity contribution in [2.45, 2.75) is 123 Å². The molecule has 0 fully saturated rings. The van der Waals surface area contributed by atoms with Gasteiger partial charge in [0.2, 0.25) is 0 Å². The summed E-state index contributed by atoms with van der Waals surface area (Å²) in [4.78, 5) is 10.2. The second kappa shape index (κ2) is 21.8. The number of likely N-dealkylation sites (N-methyl/N-ethyl adjacent to an activating group) is 1. The van der Waals surface area contributed by atoms with Crippen LogP contribution in [0, 0.1) is 0 Å². The number of rotatable bonds is 21. The van der Waals surface area contributed by atoms with Crippen LogP contribution in [0.15, 0.2) is 0 Å². The number of hydrogen-bond acceptors (Lipinski definition) is 6. The molecule has 0 bridgehead atoms. The molecule has 0 aromatic rings. The number of aliphatic carboxylic acids is 1. The summed E-state index contributed by atoms with van der Waals surface area (Å²) in [6.07, 6.45) is 19.5. The molecule has 0 radical (unpaired) electrons. The zero-order valence-electron chi connectivity index (χ0n) is 22.4. The van der Waals surface area contributed by atoms with E-state index in [1.54, 1.807) is 6.92 Å². The minimum atomic E-state index is -3.80. The topological polar surface area (TPSA) is 92.7 Å². The first kappa shape index (κ1) is 34.5. The van der Waals surface area contributed by atoms with Gasteiger partial charge in [-0.05, 0) is 19.8 Å². The van der Waals surface area contributed by atoms with E-state index in [4.69, 9.17) is 4.18 Å². The van der Waals surface area contributed by atoms with Crippen LogP contribution < -0.4 is 5.11 Å². The summed E-state index contributed by atoms with van der Waals surface area (Å²) in [5.41, 5.74) is 0. The third-order valence-corrected chi connectivity index (χ3v) is 6.25. The lowest BCUT2D eigenvalue weighted by atomic mass is 10.0. The van der Waals surface area contributed by atoms with Gasteiger partial charge in [-0.15, -0.1) is 0 Å². The molecule has 0 N–H and O–H groups in total. The number of carboxylic acid groups (broad SMARTS) is 1. The summed E-state index contributed by atoms with van der Waals surface area (Å²) in [6, 6.07) is 0. The molecule has 0 amide bonds. The Bertz CT molecular complexity index is 546. The molecule has 0 saturated heterocycles. The molecule has 0 aliphatic carbocycles. The highest BCUT2D eigenvalue weighted by molar-refractivity contribution is 7.81. The Kier molecular flexibility index (Phi) is 22.8. The van der Waals surface area contributed by atoms with Gasteiger partial charge in [0, 0.05) is 5.97 Å². The van der Waals surface area contributed by atoms with E-state index in [1.807, 2.05) is 21.1 Å². The maximum absolute atomic E-state index is 10.8. The highest BCUT2D eigenvalue weighted by atomic mass is 32.3. The van der Waals surface area contributed by atoms with Gasteiger partial charge in [0.15, 0.2) is 0 Å². The summed E-state index contributed by atoms with van der Waals surface area (Å²) in [5, 5.41) is 10.2. The molecule has 0 spiro atoms. The normalized spacial score (nSPS) is 12.8. The van der Waals surface area contributed by atoms with E-state index < -0.39 is 16.4 Å². The SMILES string of the molecule is CCCCCCCCCCCCCCCCCC(=O)[O-].COS(=O)(=O)OC(C)C[N+](C)(C)C.